The van der Waals surface area contributed by atoms with Gasteiger partial charge in [0.25, 0.3) is 0 Å². The van der Waals surface area contributed by atoms with E-state index in [2.05, 4.69) is 16.0 Å². The van der Waals surface area contributed by atoms with E-state index in [1.807, 2.05) is 18.2 Å². The molecule has 2 atom stereocenters. The Balaban J connectivity index is 1.85. The molecule has 110 valence electrons. The van der Waals surface area contributed by atoms with Crippen molar-refractivity contribution < 1.29 is 10.2 Å². The van der Waals surface area contributed by atoms with Gasteiger partial charge in [0.15, 0.2) is 0 Å². The van der Waals surface area contributed by atoms with Crippen LogP contribution in [0.4, 0.5) is 5.82 Å². The Hall–Kier alpha value is -1.65. The Labute approximate surface area is 124 Å². The third-order valence-electron chi connectivity index (χ3n) is 4.98. The topological polar surface area (TPSA) is 56.6 Å². The summed E-state index contributed by atoms with van der Waals surface area (Å²) in [7, 11) is 0. The maximum absolute atomic E-state index is 9.97. The minimum absolute atomic E-state index is 0.0133. The zero-order chi connectivity index (χ0) is 14.4. The molecular weight excluding hydrogens is 264 g/mol. The SMILES string of the molecule is OCc1cnc(N2C3CCC2CC(O)C3)c2ccccc12. The molecule has 1 aromatic carbocycles. The van der Waals surface area contributed by atoms with Crippen molar-refractivity contribution in [2.75, 3.05) is 4.90 Å². The van der Waals surface area contributed by atoms with Gasteiger partial charge in [0.1, 0.15) is 5.82 Å². The van der Waals surface area contributed by atoms with Crippen molar-refractivity contribution in [3.05, 3.63) is 36.0 Å². The number of aliphatic hydroxyl groups excluding tert-OH is 2. The molecule has 2 aromatic rings. The first-order chi connectivity index (χ1) is 10.3. The summed E-state index contributed by atoms with van der Waals surface area (Å²) in [6.07, 6.45) is 5.59. The average Bonchev–Trinajstić information content (AvgIpc) is 2.77. The highest BCUT2D eigenvalue weighted by molar-refractivity contribution is 5.94. The van der Waals surface area contributed by atoms with Crippen molar-refractivity contribution in [3.8, 4) is 0 Å². The molecular formula is C17H20N2O2. The highest BCUT2D eigenvalue weighted by Gasteiger charge is 2.41. The molecule has 2 aliphatic rings. The van der Waals surface area contributed by atoms with Gasteiger partial charge in [-0.25, -0.2) is 4.98 Å². The largest absolute Gasteiger partial charge is 0.393 e. The highest BCUT2D eigenvalue weighted by Crippen LogP contribution is 2.41. The summed E-state index contributed by atoms with van der Waals surface area (Å²) < 4.78 is 0. The third-order valence-corrected chi connectivity index (χ3v) is 4.98. The number of pyridine rings is 1. The summed E-state index contributed by atoms with van der Waals surface area (Å²) in [6.45, 7) is 0.0133. The molecule has 2 aliphatic heterocycles. The molecule has 0 saturated carbocycles. The Morgan fingerprint density at radius 3 is 2.43 bits per heavy atom. The minimum atomic E-state index is -0.165. The number of nitrogens with zero attached hydrogens (tertiary/aromatic N) is 2. The molecule has 2 bridgehead atoms. The van der Waals surface area contributed by atoms with Gasteiger partial charge in [-0.05, 0) is 31.1 Å². The molecule has 4 heteroatoms. The van der Waals surface area contributed by atoms with Crippen LogP contribution in [-0.2, 0) is 6.61 Å². The predicted octanol–water partition coefficient (Wildman–Crippen LogP) is 2.22. The quantitative estimate of drug-likeness (QED) is 0.888. The van der Waals surface area contributed by atoms with Crippen LogP contribution in [0.25, 0.3) is 10.8 Å². The van der Waals surface area contributed by atoms with E-state index in [-0.39, 0.29) is 12.7 Å². The van der Waals surface area contributed by atoms with Crippen LogP contribution in [0.5, 0.6) is 0 Å². The Bertz CT molecular complexity index is 659. The number of aliphatic hydroxyl groups is 2. The Morgan fingerprint density at radius 1 is 1.10 bits per heavy atom. The van der Waals surface area contributed by atoms with Gasteiger partial charge in [-0.3, -0.25) is 0 Å². The molecule has 2 N–H and O–H groups in total. The fraction of sp³-hybridized carbons (Fsp3) is 0.471. The van der Waals surface area contributed by atoms with Gasteiger partial charge in [-0.1, -0.05) is 24.3 Å². The van der Waals surface area contributed by atoms with Gasteiger partial charge >= 0.3 is 0 Å². The zero-order valence-corrected chi connectivity index (χ0v) is 11.9. The van der Waals surface area contributed by atoms with E-state index in [1.54, 1.807) is 6.20 Å². The molecule has 4 rings (SSSR count). The average molecular weight is 284 g/mol. The fourth-order valence-electron chi connectivity index (χ4n) is 4.06. The van der Waals surface area contributed by atoms with Gasteiger partial charge < -0.3 is 15.1 Å². The Morgan fingerprint density at radius 2 is 1.76 bits per heavy atom. The van der Waals surface area contributed by atoms with E-state index in [1.165, 1.54) is 0 Å². The lowest BCUT2D eigenvalue weighted by Crippen LogP contribution is -2.45. The smallest absolute Gasteiger partial charge is 0.136 e. The first-order valence-electron chi connectivity index (χ1n) is 7.72. The second-order valence-electron chi connectivity index (χ2n) is 6.23. The zero-order valence-electron chi connectivity index (χ0n) is 11.9. The lowest BCUT2D eigenvalue weighted by molar-refractivity contribution is 0.126. The Kier molecular flexibility index (Phi) is 3.08. The van der Waals surface area contributed by atoms with E-state index >= 15 is 0 Å². The number of aromatic nitrogens is 1. The van der Waals surface area contributed by atoms with Crippen LogP contribution in [-0.4, -0.2) is 33.4 Å². The van der Waals surface area contributed by atoms with Crippen LogP contribution in [0.1, 0.15) is 31.2 Å². The molecule has 2 fully saturated rings. The summed E-state index contributed by atoms with van der Waals surface area (Å²) >= 11 is 0. The van der Waals surface area contributed by atoms with Crippen molar-refractivity contribution in [1.29, 1.82) is 0 Å². The van der Waals surface area contributed by atoms with Gasteiger partial charge in [0.2, 0.25) is 0 Å². The summed E-state index contributed by atoms with van der Waals surface area (Å²) in [5.41, 5.74) is 0.874. The first kappa shape index (κ1) is 13.0. The molecule has 2 saturated heterocycles. The molecule has 4 nitrogen and oxygen atoms in total. The van der Waals surface area contributed by atoms with Crippen LogP contribution >= 0.6 is 0 Å². The summed E-state index contributed by atoms with van der Waals surface area (Å²) in [6, 6.07) is 8.95. The number of benzene rings is 1. The van der Waals surface area contributed by atoms with Crippen LogP contribution in [0.15, 0.2) is 30.5 Å². The van der Waals surface area contributed by atoms with Gasteiger partial charge in [0.05, 0.1) is 12.7 Å². The molecule has 0 amide bonds. The second-order valence-corrected chi connectivity index (χ2v) is 6.23. The lowest BCUT2D eigenvalue weighted by Gasteiger charge is -2.38. The number of anilines is 1. The number of hydrogen-bond donors (Lipinski definition) is 2. The normalized spacial score (nSPS) is 28.3. The van der Waals surface area contributed by atoms with Crippen LogP contribution in [0, 0.1) is 0 Å². The maximum Gasteiger partial charge on any atom is 0.136 e. The van der Waals surface area contributed by atoms with Crippen molar-refractivity contribution in [1.82, 2.24) is 4.98 Å². The molecule has 0 spiro atoms. The summed E-state index contributed by atoms with van der Waals surface area (Å²) in [4.78, 5) is 7.06. The van der Waals surface area contributed by atoms with Crippen molar-refractivity contribution in [3.63, 3.8) is 0 Å². The standard InChI is InChI=1S/C17H20N2O2/c20-10-11-9-18-17(16-4-2-1-3-15(11)16)19-12-5-6-13(19)8-14(21)7-12/h1-4,9,12-14,20-21H,5-8,10H2. The van der Waals surface area contributed by atoms with Gasteiger partial charge in [-0.2, -0.15) is 0 Å². The van der Waals surface area contributed by atoms with Gasteiger partial charge in [-0.15, -0.1) is 0 Å². The summed E-state index contributed by atoms with van der Waals surface area (Å²) in [5, 5.41) is 21.7. The van der Waals surface area contributed by atoms with Crippen LogP contribution < -0.4 is 4.90 Å². The van der Waals surface area contributed by atoms with Crippen molar-refractivity contribution in [2.24, 2.45) is 0 Å². The van der Waals surface area contributed by atoms with Crippen LogP contribution in [0.3, 0.4) is 0 Å². The summed E-state index contributed by atoms with van der Waals surface area (Å²) in [5.74, 6) is 1.02. The van der Waals surface area contributed by atoms with Gasteiger partial charge in [0, 0.05) is 29.2 Å². The molecule has 21 heavy (non-hydrogen) atoms. The molecule has 2 unspecified atom stereocenters. The molecule has 1 aromatic heterocycles. The van der Waals surface area contributed by atoms with E-state index in [0.717, 1.165) is 47.8 Å². The maximum atomic E-state index is 9.97. The molecule has 0 radical (unpaired) electrons. The van der Waals surface area contributed by atoms with Crippen LogP contribution in [0.2, 0.25) is 0 Å². The lowest BCUT2D eigenvalue weighted by atomic mass is 9.98. The number of fused-ring (bicyclic) bond motifs is 3. The third kappa shape index (κ3) is 2.01. The monoisotopic (exact) mass is 284 g/mol. The fourth-order valence-corrected chi connectivity index (χ4v) is 4.06. The molecule has 0 aliphatic carbocycles. The highest BCUT2D eigenvalue weighted by atomic mass is 16.3. The number of rotatable bonds is 2. The molecule has 3 heterocycles. The van der Waals surface area contributed by atoms with E-state index in [9.17, 15) is 10.2 Å². The van der Waals surface area contributed by atoms with Crippen molar-refractivity contribution in [2.45, 2.75) is 50.5 Å². The van der Waals surface area contributed by atoms with E-state index < -0.39 is 0 Å². The van der Waals surface area contributed by atoms with E-state index in [4.69, 9.17) is 0 Å². The minimum Gasteiger partial charge on any atom is -0.393 e. The number of hydrogen-bond acceptors (Lipinski definition) is 4. The first-order valence-corrected chi connectivity index (χ1v) is 7.72. The van der Waals surface area contributed by atoms with Crippen molar-refractivity contribution >= 4 is 16.6 Å². The second kappa shape index (κ2) is 4.97. The van der Waals surface area contributed by atoms with E-state index in [0.29, 0.717) is 12.1 Å². The predicted molar refractivity (Wildman–Crippen MR) is 82.2 cm³/mol. The number of piperidine rings is 1.